The molecule has 132 valence electrons. The molecule has 0 aliphatic carbocycles. The van der Waals surface area contributed by atoms with E-state index in [-0.39, 0.29) is 11.8 Å². The highest BCUT2D eigenvalue weighted by atomic mass is 35.5. The number of amides is 2. The topological polar surface area (TPSA) is 67.4 Å². The molecule has 0 radical (unpaired) electrons. The summed E-state index contributed by atoms with van der Waals surface area (Å²) < 4.78 is 4.92. The molecule has 0 saturated carbocycles. The van der Waals surface area contributed by atoms with Crippen molar-refractivity contribution in [1.82, 2.24) is 5.32 Å². The number of hydrogen-bond acceptors (Lipinski definition) is 3. The van der Waals surface area contributed by atoms with Crippen LogP contribution >= 0.6 is 23.2 Å². The lowest BCUT2D eigenvalue weighted by molar-refractivity contribution is 0.0947. The number of anilines is 1. The fourth-order valence-electron chi connectivity index (χ4n) is 2.12. The first-order chi connectivity index (χ1) is 12.0. The number of benzene rings is 2. The molecule has 5 nitrogen and oxygen atoms in total. The van der Waals surface area contributed by atoms with E-state index >= 15 is 0 Å². The molecule has 0 bridgehead atoms. The predicted molar refractivity (Wildman–Crippen MR) is 99.7 cm³/mol. The molecule has 0 spiro atoms. The van der Waals surface area contributed by atoms with Gasteiger partial charge in [-0.25, -0.2) is 0 Å². The maximum absolute atomic E-state index is 12.3. The van der Waals surface area contributed by atoms with Crippen molar-refractivity contribution in [3.8, 4) is 0 Å². The molecule has 0 aliphatic rings. The van der Waals surface area contributed by atoms with E-state index in [4.69, 9.17) is 27.9 Å². The Labute approximate surface area is 156 Å². The van der Waals surface area contributed by atoms with E-state index in [2.05, 4.69) is 10.6 Å². The number of methoxy groups -OCH3 is 1. The average Bonchev–Trinajstić information content (AvgIpc) is 2.57. The molecule has 2 rings (SSSR count). The Kier molecular flexibility index (Phi) is 7.25. The summed E-state index contributed by atoms with van der Waals surface area (Å²) in [6.07, 6.45) is 0.741. The molecule has 0 aromatic heterocycles. The highest BCUT2D eigenvalue weighted by molar-refractivity contribution is 6.35. The van der Waals surface area contributed by atoms with Crippen molar-refractivity contribution in [2.75, 3.05) is 25.6 Å². The van der Waals surface area contributed by atoms with Crippen LogP contribution in [0.1, 0.15) is 27.1 Å². The van der Waals surface area contributed by atoms with Crippen molar-refractivity contribution < 1.29 is 14.3 Å². The van der Waals surface area contributed by atoms with Crippen molar-refractivity contribution in [1.29, 1.82) is 0 Å². The molecule has 0 saturated heterocycles. The third-order valence-electron chi connectivity index (χ3n) is 3.34. The summed E-state index contributed by atoms with van der Waals surface area (Å²) in [5, 5.41) is 6.37. The van der Waals surface area contributed by atoms with Gasteiger partial charge in [-0.2, -0.15) is 0 Å². The summed E-state index contributed by atoms with van der Waals surface area (Å²) in [7, 11) is 1.61. The zero-order valence-corrected chi connectivity index (χ0v) is 15.2. The van der Waals surface area contributed by atoms with Crippen LogP contribution in [0.5, 0.6) is 0 Å². The molecule has 7 heteroatoms. The molecule has 2 N–H and O–H groups in total. The van der Waals surface area contributed by atoms with Crippen molar-refractivity contribution >= 4 is 40.7 Å². The molecule has 25 heavy (non-hydrogen) atoms. The monoisotopic (exact) mass is 380 g/mol. The van der Waals surface area contributed by atoms with Gasteiger partial charge in [-0.05, 0) is 48.9 Å². The Morgan fingerprint density at radius 2 is 1.52 bits per heavy atom. The van der Waals surface area contributed by atoms with Crippen LogP contribution < -0.4 is 10.6 Å². The number of rotatable bonds is 7. The van der Waals surface area contributed by atoms with Gasteiger partial charge in [0.25, 0.3) is 11.8 Å². The molecule has 2 aromatic rings. The minimum absolute atomic E-state index is 0.190. The van der Waals surface area contributed by atoms with Gasteiger partial charge in [0.2, 0.25) is 0 Å². The van der Waals surface area contributed by atoms with Crippen LogP contribution in [0.15, 0.2) is 42.5 Å². The molecule has 0 heterocycles. The van der Waals surface area contributed by atoms with E-state index in [0.717, 1.165) is 6.42 Å². The third-order valence-corrected chi connectivity index (χ3v) is 3.78. The molecular weight excluding hydrogens is 363 g/mol. The Morgan fingerprint density at radius 3 is 2.08 bits per heavy atom. The molecule has 0 aliphatic heterocycles. The molecule has 2 amide bonds. The fourth-order valence-corrected chi connectivity index (χ4v) is 2.65. The van der Waals surface area contributed by atoms with Crippen molar-refractivity contribution in [2.45, 2.75) is 6.42 Å². The second kappa shape index (κ2) is 9.42. The van der Waals surface area contributed by atoms with Crippen LogP contribution in [0, 0.1) is 0 Å². The predicted octanol–water partition coefficient (Wildman–Crippen LogP) is 4.01. The van der Waals surface area contributed by atoms with Gasteiger partial charge in [0.05, 0.1) is 0 Å². The minimum atomic E-state index is -0.314. The lowest BCUT2D eigenvalue weighted by Crippen LogP contribution is -2.25. The van der Waals surface area contributed by atoms with Crippen molar-refractivity contribution in [3.05, 3.63) is 63.6 Å². The van der Waals surface area contributed by atoms with Crippen LogP contribution in [-0.2, 0) is 4.74 Å². The van der Waals surface area contributed by atoms with Crippen molar-refractivity contribution in [3.63, 3.8) is 0 Å². The number of carbonyl (C=O) groups excluding carboxylic acids is 2. The van der Waals surface area contributed by atoms with Crippen LogP contribution in [-0.4, -0.2) is 32.1 Å². The number of ether oxygens (including phenoxy) is 1. The first-order valence-corrected chi connectivity index (χ1v) is 8.40. The summed E-state index contributed by atoms with van der Waals surface area (Å²) in [4.78, 5) is 24.2. The van der Waals surface area contributed by atoms with Gasteiger partial charge in [0.15, 0.2) is 0 Å². The second-order valence-corrected chi connectivity index (χ2v) is 6.16. The number of nitrogens with one attached hydrogen (secondary N) is 2. The zero-order valence-electron chi connectivity index (χ0n) is 13.6. The quantitative estimate of drug-likeness (QED) is 0.712. The van der Waals surface area contributed by atoms with E-state index in [1.807, 2.05) is 0 Å². The lowest BCUT2D eigenvalue weighted by atomic mass is 10.1. The number of halogens is 2. The third kappa shape index (κ3) is 6.05. The minimum Gasteiger partial charge on any atom is -0.385 e. The van der Waals surface area contributed by atoms with Gasteiger partial charge in [-0.15, -0.1) is 0 Å². The molecular formula is C18H18Cl2N2O3. The summed E-state index contributed by atoms with van der Waals surface area (Å²) >= 11 is 11.8. The molecule has 0 fully saturated rings. The summed E-state index contributed by atoms with van der Waals surface area (Å²) in [6, 6.07) is 11.2. The first-order valence-electron chi connectivity index (χ1n) is 7.64. The SMILES string of the molecule is COCCCNC(=O)c1ccc(C(=O)Nc2cc(Cl)cc(Cl)c2)cc1. The van der Waals surface area contributed by atoms with E-state index in [1.165, 1.54) is 0 Å². The van der Waals surface area contributed by atoms with E-state index < -0.39 is 0 Å². The van der Waals surface area contributed by atoms with E-state index in [9.17, 15) is 9.59 Å². The zero-order chi connectivity index (χ0) is 18.2. The second-order valence-electron chi connectivity index (χ2n) is 5.29. The van der Waals surface area contributed by atoms with E-state index in [1.54, 1.807) is 49.6 Å². The Bertz CT molecular complexity index is 728. The fraction of sp³-hybridized carbons (Fsp3) is 0.222. The van der Waals surface area contributed by atoms with Crippen LogP contribution in [0.25, 0.3) is 0 Å². The smallest absolute Gasteiger partial charge is 0.255 e. The molecule has 0 unspecified atom stereocenters. The standard InChI is InChI=1S/C18H18Cl2N2O3/c1-25-8-2-7-21-17(23)12-3-5-13(6-4-12)18(24)22-16-10-14(19)9-15(20)11-16/h3-6,9-11H,2,7-8H2,1H3,(H,21,23)(H,22,24). The molecule has 2 aromatic carbocycles. The molecule has 0 atom stereocenters. The maximum Gasteiger partial charge on any atom is 0.255 e. The average molecular weight is 381 g/mol. The van der Waals surface area contributed by atoms with Gasteiger partial charge in [0, 0.05) is 47.1 Å². The maximum atomic E-state index is 12.3. The van der Waals surface area contributed by atoms with Gasteiger partial charge in [-0.3, -0.25) is 9.59 Å². The normalized spacial score (nSPS) is 10.4. The van der Waals surface area contributed by atoms with Crippen molar-refractivity contribution in [2.24, 2.45) is 0 Å². The summed E-state index contributed by atoms with van der Waals surface area (Å²) in [5.74, 6) is -0.505. The van der Waals surface area contributed by atoms with E-state index in [0.29, 0.717) is 40.0 Å². The number of carbonyl (C=O) groups is 2. The highest BCUT2D eigenvalue weighted by Crippen LogP contribution is 2.23. The lowest BCUT2D eigenvalue weighted by Gasteiger charge is -2.08. The largest absolute Gasteiger partial charge is 0.385 e. The van der Waals surface area contributed by atoms with Gasteiger partial charge in [0.1, 0.15) is 0 Å². The first kappa shape index (κ1) is 19.2. The Morgan fingerprint density at radius 1 is 0.960 bits per heavy atom. The van der Waals surface area contributed by atoms with Gasteiger partial charge >= 0.3 is 0 Å². The van der Waals surface area contributed by atoms with Crippen LogP contribution in [0.2, 0.25) is 10.0 Å². The van der Waals surface area contributed by atoms with Gasteiger partial charge in [-0.1, -0.05) is 23.2 Å². The summed E-state index contributed by atoms with van der Waals surface area (Å²) in [6.45, 7) is 1.12. The van der Waals surface area contributed by atoms with Crippen LogP contribution in [0.3, 0.4) is 0 Å². The number of hydrogen-bond donors (Lipinski definition) is 2. The van der Waals surface area contributed by atoms with Crippen LogP contribution in [0.4, 0.5) is 5.69 Å². The highest BCUT2D eigenvalue weighted by Gasteiger charge is 2.10. The Hall–Kier alpha value is -2.08. The summed E-state index contributed by atoms with van der Waals surface area (Å²) in [5.41, 5.74) is 1.41. The van der Waals surface area contributed by atoms with Gasteiger partial charge < -0.3 is 15.4 Å². The Balaban J connectivity index is 1.96.